The van der Waals surface area contributed by atoms with Gasteiger partial charge in [0, 0.05) is 5.69 Å². The number of alkyl halides is 3. The maximum Gasteiger partial charge on any atom is 0.420 e. The third kappa shape index (κ3) is 3.98. The van der Waals surface area contributed by atoms with Gasteiger partial charge in [0.1, 0.15) is 5.75 Å². The van der Waals surface area contributed by atoms with Gasteiger partial charge >= 0.3 is 12.1 Å². The highest BCUT2D eigenvalue weighted by molar-refractivity contribution is 5.96. The van der Waals surface area contributed by atoms with E-state index in [2.05, 4.69) is 5.32 Å². The Bertz CT molecular complexity index is 643. The second kappa shape index (κ2) is 6.70. The van der Waals surface area contributed by atoms with Gasteiger partial charge in [-0.3, -0.25) is 9.59 Å². The molecule has 1 aromatic rings. The van der Waals surface area contributed by atoms with E-state index in [1.54, 1.807) is 13.8 Å². The monoisotopic (exact) mass is 345 g/mol. The van der Waals surface area contributed by atoms with Gasteiger partial charge < -0.3 is 15.2 Å². The van der Waals surface area contributed by atoms with E-state index in [0.717, 1.165) is 12.1 Å². The number of carboxylic acid groups (broad SMARTS) is 1. The van der Waals surface area contributed by atoms with Gasteiger partial charge in [0.2, 0.25) is 5.91 Å². The molecule has 2 N–H and O–H groups in total. The van der Waals surface area contributed by atoms with E-state index in [0.29, 0.717) is 12.8 Å². The molecule has 0 radical (unpaired) electrons. The molecule has 1 saturated carbocycles. The molecule has 132 valence electrons. The van der Waals surface area contributed by atoms with Gasteiger partial charge in [-0.1, -0.05) is 0 Å². The zero-order chi connectivity index (χ0) is 18.1. The van der Waals surface area contributed by atoms with E-state index >= 15 is 0 Å². The molecule has 0 unspecified atom stereocenters. The number of hydrogen-bond donors (Lipinski definition) is 2. The normalized spacial score (nSPS) is 20.4. The molecule has 0 saturated heterocycles. The minimum absolute atomic E-state index is 0.0422. The quantitative estimate of drug-likeness (QED) is 0.856. The molecule has 8 heteroatoms. The number of amides is 1. The summed E-state index contributed by atoms with van der Waals surface area (Å²) in [6.07, 6.45) is -4.27. The van der Waals surface area contributed by atoms with E-state index in [9.17, 15) is 22.8 Å². The first kappa shape index (κ1) is 18.1. The Morgan fingerprint density at radius 2 is 1.88 bits per heavy atom. The van der Waals surface area contributed by atoms with E-state index in [4.69, 9.17) is 9.84 Å². The predicted molar refractivity (Wildman–Crippen MR) is 79.7 cm³/mol. The van der Waals surface area contributed by atoms with Crippen LogP contribution in [0.1, 0.15) is 32.3 Å². The number of ether oxygens (including phenoxy) is 1. The van der Waals surface area contributed by atoms with E-state index in [1.807, 2.05) is 0 Å². The lowest BCUT2D eigenvalue weighted by Crippen LogP contribution is -2.41. The number of rotatable bonds is 5. The van der Waals surface area contributed by atoms with Crippen LogP contribution in [-0.2, 0) is 15.8 Å². The minimum Gasteiger partial charge on any atom is -0.490 e. The lowest BCUT2D eigenvalue weighted by Gasteiger charge is -2.32. The van der Waals surface area contributed by atoms with Crippen molar-refractivity contribution in [1.29, 1.82) is 0 Å². The first-order valence-electron chi connectivity index (χ1n) is 7.51. The highest BCUT2D eigenvalue weighted by Crippen LogP contribution is 2.39. The van der Waals surface area contributed by atoms with Crippen LogP contribution in [0.2, 0.25) is 0 Å². The summed E-state index contributed by atoms with van der Waals surface area (Å²) in [5.41, 5.74) is -1.03. The van der Waals surface area contributed by atoms with Crippen molar-refractivity contribution >= 4 is 17.6 Å². The van der Waals surface area contributed by atoms with Gasteiger partial charge in [-0.25, -0.2) is 0 Å². The van der Waals surface area contributed by atoms with Crippen LogP contribution < -0.4 is 10.1 Å². The minimum atomic E-state index is -4.63. The molecular formula is C16H18F3NO4. The standard InChI is InChI=1S/C16H18F3NO4/c1-8(2)24-13-6-3-9(7-12(13)16(17,18)19)20-14(21)10-4-5-11(10)15(22)23/h3,6-8,10-11H,4-5H2,1-2H3,(H,20,21)(H,22,23)/t10-,11+/m1/s1. The molecule has 0 aliphatic heterocycles. The van der Waals surface area contributed by atoms with Crippen molar-refractivity contribution in [3.8, 4) is 5.75 Å². The van der Waals surface area contributed by atoms with Gasteiger partial charge in [-0.15, -0.1) is 0 Å². The van der Waals surface area contributed by atoms with Crippen LogP contribution in [0.25, 0.3) is 0 Å². The molecule has 5 nitrogen and oxygen atoms in total. The number of nitrogens with one attached hydrogen (secondary N) is 1. The Morgan fingerprint density at radius 1 is 1.25 bits per heavy atom. The zero-order valence-electron chi connectivity index (χ0n) is 13.2. The average Bonchev–Trinajstić information content (AvgIpc) is 2.36. The van der Waals surface area contributed by atoms with Gasteiger partial charge in [-0.2, -0.15) is 13.2 Å². The predicted octanol–water partition coefficient (Wildman–Crippen LogP) is 3.54. The van der Waals surface area contributed by atoms with Crippen LogP contribution in [0, 0.1) is 11.8 Å². The summed E-state index contributed by atoms with van der Waals surface area (Å²) in [5.74, 6) is -3.47. The molecular weight excluding hydrogens is 327 g/mol. The number of carboxylic acids is 1. The highest BCUT2D eigenvalue weighted by atomic mass is 19.4. The van der Waals surface area contributed by atoms with E-state index in [1.165, 1.54) is 6.07 Å². The molecule has 1 amide bonds. The second-order valence-corrected chi connectivity index (χ2v) is 5.99. The molecule has 1 fully saturated rings. The van der Waals surface area contributed by atoms with E-state index in [-0.39, 0.29) is 11.4 Å². The summed E-state index contributed by atoms with van der Waals surface area (Å²) in [5, 5.41) is 11.3. The molecule has 0 aromatic heterocycles. The van der Waals surface area contributed by atoms with Crippen LogP contribution in [0.5, 0.6) is 5.75 Å². The van der Waals surface area contributed by atoms with Crippen LogP contribution in [0.15, 0.2) is 18.2 Å². The van der Waals surface area contributed by atoms with Crippen LogP contribution in [0.4, 0.5) is 18.9 Å². The van der Waals surface area contributed by atoms with Crippen molar-refractivity contribution in [2.75, 3.05) is 5.32 Å². The number of carbonyl (C=O) groups excluding carboxylic acids is 1. The first-order chi connectivity index (χ1) is 11.1. The molecule has 1 aromatic carbocycles. The molecule has 0 spiro atoms. The first-order valence-corrected chi connectivity index (χ1v) is 7.51. The van der Waals surface area contributed by atoms with E-state index < -0.39 is 41.6 Å². The van der Waals surface area contributed by atoms with Crippen molar-refractivity contribution in [3.05, 3.63) is 23.8 Å². The number of hydrogen-bond acceptors (Lipinski definition) is 3. The summed E-state index contributed by atoms with van der Waals surface area (Å²) in [7, 11) is 0. The highest BCUT2D eigenvalue weighted by Gasteiger charge is 2.41. The Morgan fingerprint density at radius 3 is 2.33 bits per heavy atom. The third-order valence-corrected chi connectivity index (χ3v) is 3.84. The largest absolute Gasteiger partial charge is 0.490 e. The lowest BCUT2D eigenvalue weighted by atomic mass is 9.73. The second-order valence-electron chi connectivity index (χ2n) is 5.99. The van der Waals surface area contributed by atoms with Crippen molar-refractivity contribution in [1.82, 2.24) is 0 Å². The molecule has 1 aliphatic carbocycles. The summed E-state index contributed by atoms with van der Waals surface area (Å²) >= 11 is 0. The maximum absolute atomic E-state index is 13.1. The number of halogens is 3. The topological polar surface area (TPSA) is 75.6 Å². The molecule has 24 heavy (non-hydrogen) atoms. The van der Waals surface area contributed by atoms with Crippen LogP contribution >= 0.6 is 0 Å². The number of aliphatic carboxylic acids is 1. The fourth-order valence-corrected chi connectivity index (χ4v) is 2.53. The zero-order valence-corrected chi connectivity index (χ0v) is 13.2. The van der Waals surface area contributed by atoms with Gasteiger partial charge in [-0.05, 0) is 44.9 Å². The van der Waals surface area contributed by atoms with Gasteiger partial charge in [0.15, 0.2) is 0 Å². The van der Waals surface area contributed by atoms with Crippen LogP contribution in [0.3, 0.4) is 0 Å². The molecule has 2 rings (SSSR count). The average molecular weight is 345 g/mol. The fraction of sp³-hybridized carbons (Fsp3) is 0.500. The Balaban J connectivity index is 2.19. The third-order valence-electron chi connectivity index (χ3n) is 3.84. The van der Waals surface area contributed by atoms with Gasteiger partial charge in [0.25, 0.3) is 0 Å². The molecule has 1 aliphatic rings. The lowest BCUT2D eigenvalue weighted by molar-refractivity contribution is -0.151. The Hall–Kier alpha value is -2.25. The van der Waals surface area contributed by atoms with Crippen molar-refractivity contribution in [2.45, 2.75) is 39.0 Å². The molecule has 0 bridgehead atoms. The summed E-state index contributed by atoms with van der Waals surface area (Å²) < 4.78 is 44.6. The summed E-state index contributed by atoms with van der Waals surface area (Å²) in [4.78, 5) is 23.0. The summed E-state index contributed by atoms with van der Waals surface area (Å²) in [6, 6.07) is 3.25. The van der Waals surface area contributed by atoms with Gasteiger partial charge in [0.05, 0.1) is 23.5 Å². The van der Waals surface area contributed by atoms with Crippen LogP contribution in [-0.4, -0.2) is 23.1 Å². The SMILES string of the molecule is CC(C)Oc1ccc(NC(=O)[C@@H]2CC[C@@H]2C(=O)O)cc1C(F)(F)F. The van der Waals surface area contributed by atoms with Crippen molar-refractivity contribution in [3.63, 3.8) is 0 Å². The smallest absolute Gasteiger partial charge is 0.420 e. The summed E-state index contributed by atoms with van der Waals surface area (Å²) in [6.45, 7) is 3.22. The number of anilines is 1. The number of carbonyl (C=O) groups is 2. The maximum atomic E-state index is 13.1. The van der Waals surface area contributed by atoms with Crippen molar-refractivity contribution in [2.24, 2.45) is 11.8 Å². The molecule has 2 atom stereocenters. The Kier molecular flexibility index (Phi) is 5.05. The number of benzene rings is 1. The molecule has 0 heterocycles. The fourth-order valence-electron chi connectivity index (χ4n) is 2.53. The van der Waals surface area contributed by atoms with Crippen molar-refractivity contribution < 1.29 is 32.6 Å². The Labute approximate surface area is 136 Å².